The number of unbranched alkanes of at least 4 members (excludes halogenated alkanes) is 1. The van der Waals surface area contributed by atoms with Gasteiger partial charge in [-0.05, 0) is 55.7 Å². The number of benzene rings is 4. The van der Waals surface area contributed by atoms with Gasteiger partial charge in [-0.15, -0.1) is 0 Å². The van der Waals surface area contributed by atoms with Crippen molar-refractivity contribution in [1.29, 1.82) is 0 Å². The van der Waals surface area contributed by atoms with Gasteiger partial charge in [0, 0.05) is 19.5 Å². The molecule has 2 amide bonds. The normalized spacial score (nSPS) is 11.8. The minimum absolute atomic E-state index is 0.0463. The number of anilines is 1. The molecule has 0 radical (unpaired) electrons. The number of para-hydroxylation sites is 2. The number of aryl methyl sites for hydroxylation is 1. The number of hydrogen-bond donors (Lipinski definition) is 1. The van der Waals surface area contributed by atoms with Crippen LogP contribution in [-0.2, 0) is 32.6 Å². The molecule has 242 valence electrons. The molecule has 0 aliphatic rings. The highest BCUT2D eigenvalue weighted by atomic mass is 32.2. The van der Waals surface area contributed by atoms with Gasteiger partial charge in [-0.1, -0.05) is 104 Å². The van der Waals surface area contributed by atoms with Gasteiger partial charge in [0.15, 0.2) is 0 Å². The van der Waals surface area contributed by atoms with Crippen molar-refractivity contribution in [3.63, 3.8) is 0 Å². The molecule has 0 spiro atoms. The molecule has 0 aliphatic heterocycles. The van der Waals surface area contributed by atoms with E-state index in [-0.39, 0.29) is 29.5 Å². The summed E-state index contributed by atoms with van der Waals surface area (Å²) in [6.45, 7) is 6.09. The van der Waals surface area contributed by atoms with Crippen molar-refractivity contribution in [3.05, 3.63) is 126 Å². The molecule has 46 heavy (non-hydrogen) atoms. The number of rotatable bonds is 16. The van der Waals surface area contributed by atoms with E-state index in [0.29, 0.717) is 18.9 Å². The monoisotopic (exact) mass is 641 g/mol. The summed E-state index contributed by atoms with van der Waals surface area (Å²) in [5.41, 5.74) is 2.85. The fourth-order valence-electron chi connectivity index (χ4n) is 5.13. The molecule has 0 heterocycles. The Morgan fingerprint density at radius 3 is 2.04 bits per heavy atom. The first kappa shape index (κ1) is 34.2. The molecule has 0 bridgehead atoms. The molecule has 9 heteroatoms. The van der Waals surface area contributed by atoms with E-state index in [1.54, 1.807) is 36.4 Å². The number of hydrogen-bond acceptors (Lipinski definition) is 5. The van der Waals surface area contributed by atoms with Crippen LogP contribution >= 0.6 is 0 Å². The van der Waals surface area contributed by atoms with Gasteiger partial charge in [-0.3, -0.25) is 13.9 Å². The lowest BCUT2D eigenvalue weighted by molar-refractivity contribution is -0.140. The molecule has 4 aromatic carbocycles. The number of carbonyl (C=O) groups excluding carboxylic acids is 2. The van der Waals surface area contributed by atoms with E-state index in [2.05, 4.69) is 5.32 Å². The van der Waals surface area contributed by atoms with Gasteiger partial charge in [-0.25, -0.2) is 8.42 Å². The zero-order valence-electron chi connectivity index (χ0n) is 26.8. The maximum Gasteiger partial charge on any atom is 0.264 e. The van der Waals surface area contributed by atoms with Crippen LogP contribution in [0.4, 0.5) is 5.69 Å². The van der Waals surface area contributed by atoms with E-state index >= 15 is 0 Å². The maximum absolute atomic E-state index is 14.6. The van der Waals surface area contributed by atoms with E-state index in [0.717, 1.165) is 33.8 Å². The van der Waals surface area contributed by atoms with Gasteiger partial charge >= 0.3 is 0 Å². The molecule has 4 rings (SSSR count). The van der Waals surface area contributed by atoms with Crippen molar-refractivity contribution in [2.45, 2.75) is 57.5 Å². The zero-order valence-corrected chi connectivity index (χ0v) is 27.6. The van der Waals surface area contributed by atoms with Crippen LogP contribution in [-0.4, -0.2) is 50.9 Å². The lowest BCUT2D eigenvalue weighted by atomic mass is 10.0. The van der Waals surface area contributed by atoms with Crippen LogP contribution in [0.5, 0.6) is 5.75 Å². The van der Waals surface area contributed by atoms with E-state index in [9.17, 15) is 18.0 Å². The van der Waals surface area contributed by atoms with Gasteiger partial charge in [-0.2, -0.15) is 0 Å². The highest BCUT2D eigenvalue weighted by molar-refractivity contribution is 7.92. The Balaban J connectivity index is 1.81. The van der Waals surface area contributed by atoms with Crippen LogP contribution < -0.4 is 14.4 Å². The highest BCUT2D eigenvalue weighted by Crippen LogP contribution is 2.33. The first-order valence-electron chi connectivity index (χ1n) is 15.7. The van der Waals surface area contributed by atoms with Crippen molar-refractivity contribution in [2.75, 3.05) is 24.0 Å². The second-order valence-electron chi connectivity index (χ2n) is 11.1. The topological polar surface area (TPSA) is 96.0 Å². The molecule has 0 saturated carbocycles. The summed E-state index contributed by atoms with van der Waals surface area (Å²) >= 11 is 0. The van der Waals surface area contributed by atoms with E-state index in [1.807, 2.05) is 81.4 Å². The molecule has 4 aromatic rings. The number of carbonyl (C=O) groups is 2. The Morgan fingerprint density at radius 1 is 0.804 bits per heavy atom. The molecule has 0 saturated heterocycles. The van der Waals surface area contributed by atoms with Gasteiger partial charge in [0.05, 0.1) is 17.2 Å². The number of amides is 2. The van der Waals surface area contributed by atoms with Crippen molar-refractivity contribution in [1.82, 2.24) is 10.2 Å². The quantitative estimate of drug-likeness (QED) is 0.148. The highest BCUT2D eigenvalue weighted by Gasteiger charge is 2.35. The summed E-state index contributed by atoms with van der Waals surface area (Å²) in [5, 5.41) is 3.01. The Morgan fingerprint density at radius 2 is 1.41 bits per heavy atom. The Labute approximate surface area is 273 Å². The summed E-state index contributed by atoms with van der Waals surface area (Å²) < 4.78 is 35.5. The van der Waals surface area contributed by atoms with Crippen molar-refractivity contribution >= 4 is 27.5 Å². The fourth-order valence-corrected chi connectivity index (χ4v) is 6.56. The summed E-state index contributed by atoms with van der Waals surface area (Å²) in [7, 11) is -4.23. The Bertz CT molecular complexity index is 1660. The average molecular weight is 642 g/mol. The number of nitrogens with one attached hydrogen (secondary N) is 1. The molecule has 0 fully saturated rings. The molecular formula is C37H43N3O5S. The van der Waals surface area contributed by atoms with Crippen LogP contribution in [0.1, 0.15) is 43.4 Å². The third kappa shape index (κ3) is 8.97. The summed E-state index contributed by atoms with van der Waals surface area (Å²) in [6.07, 6.45) is 1.96. The predicted molar refractivity (Wildman–Crippen MR) is 182 cm³/mol. The van der Waals surface area contributed by atoms with Crippen LogP contribution in [0.15, 0.2) is 114 Å². The largest absolute Gasteiger partial charge is 0.492 e. The van der Waals surface area contributed by atoms with Crippen LogP contribution in [0, 0.1) is 6.92 Å². The average Bonchev–Trinajstić information content (AvgIpc) is 3.07. The molecule has 0 aromatic heterocycles. The van der Waals surface area contributed by atoms with Crippen LogP contribution in [0.2, 0.25) is 0 Å². The molecule has 1 N–H and O–H groups in total. The zero-order chi connectivity index (χ0) is 32.9. The Hall–Kier alpha value is -4.63. The number of nitrogens with zero attached hydrogens (tertiary/aromatic N) is 2. The van der Waals surface area contributed by atoms with Crippen molar-refractivity contribution in [2.24, 2.45) is 0 Å². The summed E-state index contributed by atoms with van der Waals surface area (Å²) in [5.74, 6) is -0.470. The number of ether oxygens (including phenoxy) is 1. The molecular weight excluding hydrogens is 598 g/mol. The van der Waals surface area contributed by atoms with Gasteiger partial charge in [0.1, 0.15) is 18.3 Å². The molecule has 0 unspecified atom stereocenters. The minimum Gasteiger partial charge on any atom is -0.492 e. The van der Waals surface area contributed by atoms with Crippen molar-refractivity contribution < 1.29 is 22.7 Å². The SMILES string of the molecule is CCCCNC(=O)[C@@H](Cc1ccccc1)N(Cc1ccccc1)C(=O)CN(c1ccccc1OCC)S(=O)(=O)c1ccc(C)cc1. The molecule has 0 aliphatic carbocycles. The van der Waals surface area contributed by atoms with Crippen LogP contribution in [0.25, 0.3) is 0 Å². The van der Waals surface area contributed by atoms with Gasteiger partial charge in [0.25, 0.3) is 10.0 Å². The molecule has 1 atom stereocenters. The first-order chi connectivity index (χ1) is 22.2. The maximum atomic E-state index is 14.6. The van der Waals surface area contributed by atoms with E-state index in [4.69, 9.17) is 4.74 Å². The second-order valence-corrected chi connectivity index (χ2v) is 12.9. The van der Waals surface area contributed by atoms with E-state index in [1.165, 1.54) is 17.0 Å². The summed E-state index contributed by atoms with van der Waals surface area (Å²) in [4.78, 5) is 30.0. The van der Waals surface area contributed by atoms with Crippen molar-refractivity contribution in [3.8, 4) is 5.75 Å². The minimum atomic E-state index is -4.23. The smallest absolute Gasteiger partial charge is 0.264 e. The lowest BCUT2D eigenvalue weighted by Crippen LogP contribution is -2.53. The van der Waals surface area contributed by atoms with Gasteiger partial charge in [0.2, 0.25) is 11.8 Å². The number of sulfonamides is 1. The first-order valence-corrected chi connectivity index (χ1v) is 17.1. The predicted octanol–water partition coefficient (Wildman–Crippen LogP) is 6.15. The third-order valence-electron chi connectivity index (χ3n) is 7.62. The summed E-state index contributed by atoms with van der Waals surface area (Å²) in [6, 6.07) is 31.3. The Kier molecular flexibility index (Phi) is 12.4. The van der Waals surface area contributed by atoms with Gasteiger partial charge < -0.3 is 15.0 Å². The van der Waals surface area contributed by atoms with Crippen LogP contribution in [0.3, 0.4) is 0 Å². The second kappa shape index (κ2) is 16.6. The molecule has 8 nitrogen and oxygen atoms in total. The fraction of sp³-hybridized carbons (Fsp3) is 0.297. The standard InChI is InChI=1S/C37H43N3O5S/c1-4-6-25-38-37(42)34(26-30-15-9-7-10-16-30)39(27-31-17-11-8-12-18-31)36(41)28-40(33-19-13-14-20-35(33)45-5-2)46(43,44)32-23-21-29(3)22-24-32/h7-24,34H,4-6,25-28H2,1-3H3,(H,38,42)/t34-/m1/s1. The van der Waals surface area contributed by atoms with E-state index < -0.39 is 28.5 Å². The third-order valence-corrected chi connectivity index (χ3v) is 9.39. The lowest BCUT2D eigenvalue weighted by Gasteiger charge is -2.34.